The van der Waals surface area contributed by atoms with Crippen LogP contribution in [0, 0.1) is 26.6 Å². The molecular weight excluding hydrogens is 217 g/mol. The summed E-state index contributed by atoms with van der Waals surface area (Å²) >= 11 is 0. The fourth-order valence-corrected chi connectivity index (χ4v) is 1.83. The molecule has 0 saturated carbocycles. The Morgan fingerprint density at radius 1 is 1.24 bits per heavy atom. The van der Waals surface area contributed by atoms with Crippen LogP contribution in [0.2, 0.25) is 0 Å². The van der Waals surface area contributed by atoms with Gasteiger partial charge in [-0.2, -0.15) is 0 Å². The number of hydrogen-bond acceptors (Lipinski definition) is 2. The molecule has 0 fully saturated rings. The highest BCUT2D eigenvalue weighted by molar-refractivity contribution is 5.34. The average molecular weight is 233 g/mol. The largest absolute Gasteiger partial charge is 0.352 e. The minimum absolute atomic E-state index is 0.123. The van der Waals surface area contributed by atoms with Gasteiger partial charge in [-0.15, -0.1) is 0 Å². The summed E-state index contributed by atoms with van der Waals surface area (Å²) in [5.41, 5.74) is 3.42. The highest BCUT2D eigenvalue weighted by Gasteiger charge is 2.04. The van der Waals surface area contributed by atoms with Crippen LogP contribution < -0.4 is 5.32 Å². The standard InChI is InChI=1S/C13H16FN3/c1-8-4-11(5-9(2)12(8)14)7-16-13-15-6-10(3)17-13/h4-6H,7H2,1-3H3,(H2,15,16,17). The second-order valence-corrected chi connectivity index (χ2v) is 4.31. The van der Waals surface area contributed by atoms with Crippen molar-refractivity contribution in [1.82, 2.24) is 9.97 Å². The van der Waals surface area contributed by atoms with Crippen LogP contribution in [-0.2, 0) is 6.54 Å². The smallest absolute Gasteiger partial charge is 0.200 e. The fourth-order valence-electron chi connectivity index (χ4n) is 1.83. The van der Waals surface area contributed by atoms with Gasteiger partial charge in [0, 0.05) is 18.4 Å². The number of aromatic nitrogens is 2. The van der Waals surface area contributed by atoms with Gasteiger partial charge in [0.25, 0.3) is 0 Å². The maximum Gasteiger partial charge on any atom is 0.200 e. The Hall–Kier alpha value is -1.84. The van der Waals surface area contributed by atoms with E-state index in [-0.39, 0.29) is 5.82 Å². The number of anilines is 1. The number of rotatable bonds is 3. The van der Waals surface area contributed by atoms with Gasteiger partial charge in [-0.1, -0.05) is 12.1 Å². The summed E-state index contributed by atoms with van der Waals surface area (Å²) < 4.78 is 13.4. The number of hydrogen-bond donors (Lipinski definition) is 2. The zero-order valence-electron chi connectivity index (χ0n) is 10.3. The SMILES string of the molecule is Cc1cnc(NCc2cc(C)c(F)c(C)c2)[nH]1. The van der Waals surface area contributed by atoms with Crippen molar-refractivity contribution in [3.05, 3.63) is 46.5 Å². The summed E-state index contributed by atoms with van der Waals surface area (Å²) in [4.78, 5) is 7.24. The third kappa shape index (κ3) is 2.64. The molecule has 0 spiro atoms. The van der Waals surface area contributed by atoms with E-state index < -0.39 is 0 Å². The van der Waals surface area contributed by atoms with Crippen LogP contribution in [-0.4, -0.2) is 9.97 Å². The molecule has 1 aromatic heterocycles. The number of H-pyrrole nitrogens is 1. The minimum Gasteiger partial charge on any atom is -0.352 e. The lowest BCUT2D eigenvalue weighted by molar-refractivity contribution is 0.608. The molecule has 0 saturated heterocycles. The van der Waals surface area contributed by atoms with Gasteiger partial charge in [0.2, 0.25) is 5.95 Å². The summed E-state index contributed by atoms with van der Waals surface area (Å²) in [6.45, 7) is 6.14. The Balaban J connectivity index is 2.09. The van der Waals surface area contributed by atoms with Gasteiger partial charge in [-0.05, 0) is 37.5 Å². The molecule has 2 aromatic rings. The molecule has 90 valence electrons. The van der Waals surface area contributed by atoms with E-state index in [0.29, 0.717) is 17.7 Å². The van der Waals surface area contributed by atoms with Crippen LogP contribution in [0.25, 0.3) is 0 Å². The molecule has 0 aliphatic carbocycles. The summed E-state index contributed by atoms with van der Waals surface area (Å²) in [5, 5.41) is 3.17. The van der Waals surface area contributed by atoms with E-state index >= 15 is 0 Å². The van der Waals surface area contributed by atoms with Gasteiger partial charge in [0.1, 0.15) is 5.82 Å². The van der Waals surface area contributed by atoms with Crippen molar-refractivity contribution in [2.24, 2.45) is 0 Å². The summed E-state index contributed by atoms with van der Waals surface area (Å²) in [6.07, 6.45) is 1.77. The lowest BCUT2D eigenvalue weighted by Gasteiger charge is -2.07. The Labute approximate surface area is 100 Å². The van der Waals surface area contributed by atoms with Crippen LogP contribution in [0.1, 0.15) is 22.4 Å². The molecule has 2 N–H and O–H groups in total. The molecule has 17 heavy (non-hydrogen) atoms. The van der Waals surface area contributed by atoms with Gasteiger partial charge >= 0.3 is 0 Å². The van der Waals surface area contributed by atoms with E-state index in [1.54, 1.807) is 20.0 Å². The molecule has 2 rings (SSSR count). The Bertz CT molecular complexity index is 508. The number of aryl methyl sites for hydroxylation is 3. The minimum atomic E-state index is -0.123. The van der Waals surface area contributed by atoms with Crippen molar-refractivity contribution in [3.8, 4) is 0 Å². The zero-order chi connectivity index (χ0) is 12.4. The number of nitrogens with zero attached hydrogens (tertiary/aromatic N) is 1. The summed E-state index contributed by atoms with van der Waals surface area (Å²) in [6, 6.07) is 3.70. The summed E-state index contributed by atoms with van der Waals surface area (Å²) in [7, 11) is 0. The first-order chi connectivity index (χ1) is 8.06. The number of nitrogens with one attached hydrogen (secondary N) is 2. The van der Waals surface area contributed by atoms with Crippen molar-refractivity contribution in [1.29, 1.82) is 0 Å². The van der Waals surface area contributed by atoms with Gasteiger partial charge in [-0.3, -0.25) is 0 Å². The quantitative estimate of drug-likeness (QED) is 0.855. The second-order valence-electron chi connectivity index (χ2n) is 4.31. The van der Waals surface area contributed by atoms with Crippen molar-refractivity contribution in [3.63, 3.8) is 0 Å². The monoisotopic (exact) mass is 233 g/mol. The molecule has 0 radical (unpaired) electrons. The molecule has 0 aliphatic heterocycles. The van der Waals surface area contributed by atoms with Crippen LogP contribution in [0.4, 0.5) is 10.3 Å². The number of aromatic amines is 1. The van der Waals surface area contributed by atoms with Crippen LogP contribution in [0.3, 0.4) is 0 Å². The van der Waals surface area contributed by atoms with E-state index in [2.05, 4.69) is 15.3 Å². The molecular formula is C13H16FN3. The molecule has 3 nitrogen and oxygen atoms in total. The molecule has 0 aliphatic rings. The predicted octanol–water partition coefficient (Wildman–Crippen LogP) is 3.09. The second kappa shape index (κ2) is 4.57. The molecule has 0 amide bonds. The molecule has 1 heterocycles. The maximum absolute atomic E-state index is 13.4. The van der Waals surface area contributed by atoms with Gasteiger partial charge in [0.15, 0.2) is 0 Å². The lowest BCUT2D eigenvalue weighted by Crippen LogP contribution is -2.02. The Morgan fingerprint density at radius 2 is 1.88 bits per heavy atom. The number of benzene rings is 1. The highest BCUT2D eigenvalue weighted by Crippen LogP contribution is 2.15. The number of halogens is 1. The molecule has 0 bridgehead atoms. The van der Waals surface area contributed by atoms with Crippen LogP contribution >= 0.6 is 0 Å². The fraction of sp³-hybridized carbons (Fsp3) is 0.308. The Morgan fingerprint density at radius 3 is 2.41 bits per heavy atom. The van der Waals surface area contributed by atoms with Crippen LogP contribution in [0.5, 0.6) is 0 Å². The van der Waals surface area contributed by atoms with Crippen molar-refractivity contribution in [2.45, 2.75) is 27.3 Å². The Kier molecular flexibility index (Phi) is 3.13. The highest BCUT2D eigenvalue weighted by atomic mass is 19.1. The van der Waals surface area contributed by atoms with Crippen molar-refractivity contribution in [2.75, 3.05) is 5.32 Å². The van der Waals surface area contributed by atoms with E-state index in [1.165, 1.54) is 0 Å². The average Bonchev–Trinajstić information content (AvgIpc) is 2.69. The van der Waals surface area contributed by atoms with Crippen molar-refractivity contribution >= 4 is 5.95 Å². The maximum atomic E-state index is 13.4. The van der Waals surface area contributed by atoms with Gasteiger partial charge in [-0.25, -0.2) is 9.37 Å². The lowest BCUT2D eigenvalue weighted by atomic mass is 10.1. The number of imidazole rings is 1. The van der Waals surface area contributed by atoms with Gasteiger partial charge in [0.05, 0.1) is 0 Å². The van der Waals surface area contributed by atoms with E-state index in [9.17, 15) is 4.39 Å². The summed E-state index contributed by atoms with van der Waals surface area (Å²) in [5.74, 6) is 0.615. The first-order valence-corrected chi connectivity index (χ1v) is 5.57. The van der Waals surface area contributed by atoms with E-state index in [1.807, 2.05) is 19.1 Å². The molecule has 0 atom stereocenters. The first kappa shape index (κ1) is 11.6. The molecule has 0 unspecified atom stereocenters. The van der Waals surface area contributed by atoms with E-state index in [4.69, 9.17) is 0 Å². The third-order valence-electron chi connectivity index (χ3n) is 2.66. The molecule has 1 aromatic carbocycles. The van der Waals surface area contributed by atoms with Crippen molar-refractivity contribution < 1.29 is 4.39 Å². The topological polar surface area (TPSA) is 40.7 Å². The van der Waals surface area contributed by atoms with Crippen LogP contribution in [0.15, 0.2) is 18.3 Å². The normalized spacial score (nSPS) is 10.6. The molecule has 4 heteroatoms. The predicted molar refractivity (Wildman–Crippen MR) is 66.5 cm³/mol. The van der Waals surface area contributed by atoms with Gasteiger partial charge < -0.3 is 10.3 Å². The first-order valence-electron chi connectivity index (χ1n) is 5.57. The third-order valence-corrected chi connectivity index (χ3v) is 2.66. The van der Waals surface area contributed by atoms with E-state index in [0.717, 1.165) is 17.2 Å². The zero-order valence-corrected chi connectivity index (χ0v) is 10.3.